The summed E-state index contributed by atoms with van der Waals surface area (Å²) in [5, 5.41) is 3.10. The number of fused-ring (bicyclic) bond motifs is 1. The van der Waals surface area contributed by atoms with Crippen molar-refractivity contribution in [3.05, 3.63) is 34.7 Å². The lowest BCUT2D eigenvalue weighted by Gasteiger charge is -2.32. The molecule has 1 aliphatic carbocycles. The summed E-state index contributed by atoms with van der Waals surface area (Å²) in [6.07, 6.45) is 6.71. The first-order chi connectivity index (χ1) is 12.2. The first kappa shape index (κ1) is 16.2. The number of para-hydroxylation sites is 2. The maximum absolute atomic E-state index is 12.4. The van der Waals surface area contributed by atoms with Crippen molar-refractivity contribution in [3.63, 3.8) is 0 Å². The van der Waals surface area contributed by atoms with E-state index >= 15 is 0 Å². The van der Waals surface area contributed by atoms with Crippen molar-refractivity contribution in [1.82, 2.24) is 19.8 Å². The Morgan fingerprint density at radius 3 is 2.60 bits per heavy atom. The van der Waals surface area contributed by atoms with Gasteiger partial charge in [-0.3, -0.25) is 4.57 Å². The number of piperidine rings is 1. The number of rotatable bonds is 3. The number of carbonyl (C=O) groups is 1. The number of aromatic nitrogens is 2. The second-order valence-electron chi connectivity index (χ2n) is 7.37. The Balaban J connectivity index is 1.37. The molecule has 2 aliphatic rings. The lowest BCUT2D eigenvalue weighted by atomic mass is 10.0. The molecule has 6 heteroatoms. The second kappa shape index (κ2) is 6.94. The van der Waals surface area contributed by atoms with Gasteiger partial charge in [-0.05, 0) is 43.7 Å². The molecule has 25 heavy (non-hydrogen) atoms. The zero-order chi connectivity index (χ0) is 17.2. The van der Waals surface area contributed by atoms with Crippen molar-refractivity contribution in [2.75, 3.05) is 19.6 Å². The molecule has 2 heterocycles. The summed E-state index contributed by atoms with van der Waals surface area (Å²) in [4.78, 5) is 29.5. The summed E-state index contributed by atoms with van der Waals surface area (Å²) in [7, 11) is 0. The van der Waals surface area contributed by atoms with Crippen molar-refractivity contribution >= 4 is 17.1 Å². The van der Waals surface area contributed by atoms with Gasteiger partial charge in [0.1, 0.15) is 0 Å². The molecule has 1 aromatic heterocycles. The molecule has 6 nitrogen and oxygen atoms in total. The molecule has 0 radical (unpaired) electrons. The Bertz CT molecular complexity index is 795. The van der Waals surface area contributed by atoms with Crippen molar-refractivity contribution in [3.8, 4) is 0 Å². The van der Waals surface area contributed by atoms with Crippen molar-refractivity contribution in [2.45, 2.75) is 44.6 Å². The second-order valence-corrected chi connectivity index (χ2v) is 7.37. The van der Waals surface area contributed by atoms with Crippen LogP contribution in [0.1, 0.15) is 44.6 Å². The van der Waals surface area contributed by atoms with Crippen LogP contribution in [0, 0.1) is 5.92 Å². The SMILES string of the molecule is O=C(NCC1CCCC1)N1CCC(n2c(=O)[nH]c3ccccc32)CC1. The van der Waals surface area contributed by atoms with Gasteiger partial charge in [-0.15, -0.1) is 0 Å². The molecule has 1 aliphatic heterocycles. The molecular weight excluding hydrogens is 316 g/mol. The standard InChI is InChI=1S/C19H26N4O2/c24-18(20-13-14-5-1-2-6-14)22-11-9-15(10-12-22)23-17-8-4-3-7-16(17)21-19(23)25/h3-4,7-8,14-15H,1-2,5-6,9-13H2,(H,20,24)(H,21,25). The number of imidazole rings is 1. The van der Waals surface area contributed by atoms with Crippen LogP contribution in [-0.2, 0) is 0 Å². The van der Waals surface area contributed by atoms with Gasteiger partial charge in [0.2, 0.25) is 0 Å². The summed E-state index contributed by atoms with van der Waals surface area (Å²) in [5.74, 6) is 0.659. The fourth-order valence-corrected chi connectivity index (χ4v) is 4.32. The molecule has 2 N–H and O–H groups in total. The molecule has 2 fully saturated rings. The highest BCUT2D eigenvalue weighted by atomic mass is 16.2. The molecule has 0 bridgehead atoms. The minimum atomic E-state index is -0.0506. The van der Waals surface area contributed by atoms with Crippen LogP contribution in [0.15, 0.2) is 29.1 Å². The van der Waals surface area contributed by atoms with Gasteiger partial charge < -0.3 is 15.2 Å². The van der Waals surface area contributed by atoms with Crippen LogP contribution in [-0.4, -0.2) is 40.1 Å². The molecular formula is C19H26N4O2. The monoisotopic (exact) mass is 342 g/mol. The van der Waals surface area contributed by atoms with Gasteiger partial charge in [0.15, 0.2) is 0 Å². The van der Waals surface area contributed by atoms with Crippen molar-refractivity contribution in [1.29, 1.82) is 0 Å². The maximum atomic E-state index is 12.4. The Labute approximate surface area is 147 Å². The normalized spacial score (nSPS) is 19.6. The Hall–Kier alpha value is -2.24. The number of hydrogen-bond donors (Lipinski definition) is 2. The molecule has 0 unspecified atom stereocenters. The van der Waals surface area contributed by atoms with Gasteiger partial charge in [0.25, 0.3) is 0 Å². The van der Waals surface area contributed by atoms with Crippen LogP contribution in [0.3, 0.4) is 0 Å². The number of nitrogens with zero attached hydrogens (tertiary/aromatic N) is 2. The molecule has 2 aromatic rings. The minimum Gasteiger partial charge on any atom is -0.338 e. The van der Waals surface area contributed by atoms with Crippen LogP contribution in [0.25, 0.3) is 11.0 Å². The molecule has 2 amide bonds. The van der Waals surface area contributed by atoms with Crippen LogP contribution >= 0.6 is 0 Å². The first-order valence-electron chi connectivity index (χ1n) is 9.44. The third-order valence-electron chi connectivity index (χ3n) is 5.76. The molecule has 1 aromatic carbocycles. The lowest BCUT2D eigenvalue weighted by Crippen LogP contribution is -2.46. The van der Waals surface area contributed by atoms with Gasteiger partial charge in [0, 0.05) is 25.7 Å². The number of H-pyrrole nitrogens is 1. The number of hydrogen-bond acceptors (Lipinski definition) is 2. The fraction of sp³-hybridized carbons (Fsp3) is 0.579. The van der Waals surface area contributed by atoms with E-state index in [0.29, 0.717) is 19.0 Å². The highest BCUT2D eigenvalue weighted by molar-refractivity contribution is 5.75. The smallest absolute Gasteiger partial charge is 0.326 e. The molecule has 0 spiro atoms. The van der Waals surface area contributed by atoms with E-state index < -0.39 is 0 Å². The fourth-order valence-electron chi connectivity index (χ4n) is 4.32. The Morgan fingerprint density at radius 1 is 1.12 bits per heavy atom. The summed E-state index contributed by atoms with van der Waals surface area (Å²) in [5.41, 5.74) is 1.78. The van der Waals surface area contributed by atoms with Gasteiger partial charge in [-0.2, -0.15) is 0 Å². The topological polar surface area (TPSA) is 70.1 Å². The van der Waals surface area contributed by atoms with E-state index in [9.17, 15) is 9.59 Å². The summed E-state index contributed by atoms with van der Waals surface area (Å²) < 4.78 is 1.86. The molecule has 134 valence electrons. The quantitative estimate of drug-likeness (QED) is 0.900. The average Bonchev–Trinajstić information content (AvgIpc) is 3.26. The molecule has 1 saturated heterocycles. The predicted molar refractivity (Wildman–Crippen MR) is 97.8 cm³/mol. The molecule has 4 rings (SSSR count). The van der Waals surface area contributed by atoms with Gasteiger partial charge in [-0.25, -0.2) is 9.59 Å². The number of carbonyl (C=O) groups excluding carboxylic acids is 1. The lowest BCUT2D eigenvalue weighted by molar-refractivity contribution is 0.170. The van der Waals surface area contributed by atoms with Crippen molar-refractivity contribution in [2.24, 2.45) is 5.92 Å². The van der Waals surface area contributed by atoms with Gasteiger partial charge >= 0.3 is 11.7 Å². The Morgan fingerprint density at radius 2 is 1.84 bits per heavy atom. The van der Waals surface area contributed by atoms with E-state index in [1.54, 1.807) is 0 Å². The van der Waals surface area contributed by atoms with Crippen LogP contribution in [0.2, 0.25) is 0 Å². The Kier molecular flexibility index (Phi) is 4.51. The van der Waals surface area contributed by atoms with E-state index in [-0.39, 0.29) is 17.8 Å². The summed E-state index contributed by atoms with van der Waals surface area (Å²) >= 11 is 0. The number of aromatic amines is 1. The van der Waals surface area contributed by atoms with Gasteiger partial charge in [0.05, 0.1) is 11.0 Å². The zero-order valence-corrected chi connectivity index (χ0v) is 14.5. The maximum Gasteiger partial charge on any atom is 0.326 e. The number of amides is 2. The van der Waals surface area contributed by atoms with Crippen LogP contribution < -0.4 is 11.0 Å². The minimum absolute atomic E-state index is 0.0506. The molecule has 1 saturated carbocycles. The van der Waals surface area contributed by atoms with E-state index in [0.717, 1.165) is 30.4 Å². The third kappa shape index (κ3) is 3.30. The van der Waals surface area contributed by atoms with Crippen LogP contribution in [0.4, 0.5) is 4.79 Å². The number of urea groups is 1. The zero-order valence-electron chi connectivity index (χ0n) is 14.5. The van der Waals surface area contributed by atoms with Crippen molar-refractivity contribution < 1.29 is 4.79 Å². The number of benzene rings is 1. The van der Waals surface area contributed by atoms with E-state index in [1.165, 1.54) is 25.7 Å². The van der Waals surface area contributed by atoms with E-state index in [2.05, 4.69) is 10.3 Å². The highest BCUT2D eigenvalue weighted by Crippen LogP contribution is 2.26. The summed E-state index contributed by atoms with van der Waals surface area (Å²) in [6, 6.07) is 8.00. The predicted octanol–water partition coefficient (Wildman–Crippen LogP) is 2.87. The largest absolute Gasteiger partial charge is 0.338 e. The first-order valence-corrected chi connectivity index (χ1v) is 9.44. The van der Waals surface area contributed by atoms with E-state index in [4.69, 9.17) is 0 Å². The molecule has 0 atom stereocenters. The number of nitrogens with one attached hydrogen (secondary N) is 2. The van der Waals surface area contributed by atoms with Crippen LogP contribution in [0.5, 0.6) is 0 Å². The highest BCUT2D eigenvalue weighted by Gasteiger charge is 2.26. The average molecular weight is 342 g/mol. The number of likely N-dealkylation sites (tertiary alicyclic amines) is 1. The summed E-state index contributed by atoms with van der Waals surface area (Å²) in [6.45, 7) is 2.21. The van der Waals surface area contributed by atoms with E-state index in [1.807, 2.05) is 33.7 Å². The van der Waals surface area contributed by atoms with Gasteiger partial charge in [-0.1, -0.05) is 25.0 Å². The third-order valence-corrected chi connectivity index (χ3v) is 5.76.